The van der Waals surface area contributed by atoms with Gasteiger partial charge in [-0.2, -0.15) is 0 Å². The van der Waals surface area contributed by atoms with E-state index < -0.39 is 5.67 Å². The smallest absolute Gasteiger partial charge is 0.148 e. The van der Waals surface area contributed by atoms with Crippen LogP contribution >= 0.6 is 0 Å². The zero-order valence-corrected chi connectivity index (χ0v) is 12.9. The number of halogens is 1. The van der Waals surface area contributed by atoms with Gasteiger partial charge in [-0.15, -0.1) is 0 Å². The van der Waals surface area contributed by atoms with Crippen LogP contribution in [0.3, 0.4) is 0 Å². The minimum Gasteiger partial charge on any atom is -0.327 e. The summed E-state index contributed by atoms with van der Waals surface area (Å²) in [5.41, 5.74) is 5.04. The van der Waals surface area contributed by atoms with Crippen molar-refractivity contribution in [3.8, 4) is 0 Å². The van der Waals surface area contributed by atoms with E-state index in [4.69, 9.17) is 5.73 Å². The van der Waals surface area contributed by atoms with E-state index in [9.17, 15) is 4.39 Å². The number of benzene rings is 1. The lowest BCUT2D eigenvalue weighted by molar-refractivity contribution is 0.155. The van der Waals surface area contributed by atoms with Gasteiger partial charge in [-0.25, -0.2) is 4.39 Å². The van der Waals surface area contributed by atoms with Gasteiger partial charge < -0.3 is 5.73 Å². The van der Waals surface area contributed by atoms with Gasteiger partial charge in [0.05, 0.1) is 0 Å². The van der Waals surface area contributed by atoms with Gasteiger partial charge in [0.2, 0.25) is 0 Å². The average molecular weight is 279 g/mol. The molecule has 1 aromatic carbocycles. The molecule has 0 aromatic heterocycles. The molecule has 0 fully saturated rings. The number of alkyl halides is 1. The lowest BCUT2D eigenvalue weighted by Crippen LogP contribution is -2.30. The summed E-state index contributed by atoms with van der Waals surface area (Å²) in [6, 6.07) is 9.37. The number of unbranched alkanes of at least 4 members (excludes halogenated alkanes) is 7. The first kappa shape index (κ1) is 17.2. The van der Waals surface area contributed by atoms with Crippen LogP contribution in [0, 0.1) is 0 Å². The Hall–Kier alpha value is -0.890. The summed E-state index contributed by atoms with van der Waals surface area (Å²) >= 11 is 0. The van der Waals surface area contributed by atoms with Gasteiger partial charge in [0, 0.05) is 6.54 Å². The first-order valence-electron chi connectivity index (χ1n) is 8.17. The molecule has 1 atom stereocenters. The molecular weight excluding hydrogens is 249 g/mol. The second-order valence-corrected chi connectivity index (χ2v) is 5.76. The minimum absolute atomic E-state index is 0.0769. The third-order valence-electron chi connectivity index (χ3n) is 4.04. The van der Waals surface area contributed by atoms with E-state index in [0.29, 0.717) is 6.42 Å². The molecule has 0 saturated heterocycles. The molecule has 1 rings (SSSR count). The molecule has 0 saturated carbocycles. The molecule has 20 heavy (non-hydrogen) atoms. The van der Waals surface area contributed by atoms with E-state index in [1.54, 1.807) is 0 Å². The standard InChI is InChI=1S/C18H30FN/c1-2-3-4-5-6-7-8-12-15-18(19,16-20)17-13-10-9-11-14-17/h9-11,13-14H,2-8,12,15-16,20H2,1H3. The Balaban J connectivity index is 2.22. The van der Waals surface area contributed by atoms with Crippen LogP contribution in [-0.4, -0.2) is 6.54 Å². The quantitative estimate of drug-likeness (QED) is 0.543. The van der Waals surface area contributed by atoms with E-state index in [2.05, 4.69) is 6.92 Å². The summed E-state index contributed by atoms with van der Waals surface area (Å²) in [6.07, 6.45) is 10.4. The highest BCUT2D eigenvalue weighted by Gasteiger charge is 2.29. The zero-order chi connectivity index (χ0) is 14.7. The van der Waals surface area contributed by atoms with Gasteiger partial charge in [-0.3, -0.25) is 0 Å². The van der Waals surface area contributed by atoms with Crippen molar-refractivity contribution in [3.63, 3.8) is 0 Å². The lowest BCUT2D eigenvalue weighted by atomic mass is 9.90. The van der Waals surface area contributed by atoms with Crippen LogP contribution in [0.4, 0.5) is 4.39 Å². The van der Waals surface area contributed by atoms with Crippen molar-refractivity contribution in [2.45, 2.75) is 70.4 Å². The van der Waals surface area contributed by atoms with Crippen molar-refractivity contribution in [2.75, 3.05) is 6.54 Å². The zero-order valence-electron chi connectivity index (χ0n) is 12.9. The van der Waals surface area contributed by atoms with E-state index in [0.717, 1.165) is 18.4 Å². The average Bonchev–Trinajstić information content (AvgIpc) is 2.50. The molecule has 114 valence electrons. The van der Waals surface area contributed by atoms with Crippen LogP contribution in [0.5, 0.6) is 0 Å². The maximum atomic E-state index is 14.8. The fraction of sp³-hybridized carbons (Fsp3) is 0.667. The first-order valence-corrected chi connectivity index (χ1v) is 8.17. The maximum absolute atomic E-state index is 14.8. The van der Waals surface area contributed by atoms with Crippen molar-refractivity contribution in [3.05, 3.63) is 35.9 Å². The van der Waals surface area contributed by atoms with Crippen LogP contribution < -0.4 is 5.73 Å². The molecule has 1 nitrogen and oxygen atoms in total. The Morgan fingerprint density at radius 1 is 0.900 bits per heavy atom. The molecule has 0 aliphatic rings. The Bertz CT molecular complexity index is 339. The second-order valence-electron chi connectivity index (χ2n) is 5.76. The predicted molar refractivity (Wildman–Crippen MR) is 85.5 cm³/mol. The molecule has 1 unspecified atom stereocenters. The van der Waals surface area contributed by atoms with Crippen LogP contribution in [0.15, 0.2) is 30.3 Å². The van der Waals surface area contributed by atoms with Gasteiger partial charge in [0.1, 0.15) is 5.67 Å². The van der Waals surface area contributed by atoms with Crippen LogP contribution in [0.25, 0.3) is 0 Å². The third kappa shape index (κ3) is 6.04. The van der Waals surface area contributed by atoms with Crippen molar-refractivity contribution < 1.29 is 4.39 Å². The fourth-order valence-electron chi connectivity index (χ4n) is 2.64. The summed E-state index contributed by atoms with van der Waals surface area (Å²) in [5, 5.41) is 0. The number of nitrogens with two attached hydrogens (primary N) is 1. The largest absolute Gasteiger partial charge is 0.327 e. The number of hydrogen-bond acceptors (Lipinski definition) is 1. The highest BCUT2D eigenvalue weighted by molar-refractivity contribution is 5.22. The molecule has 0 heterocycles. The van der Waals surface area contributed by atoms with Gasteiger partial charge in [-0.05, 0) is 18.4 Å². The highest BCUT2D eigenvalue weighted by Crippen LogP contribution is 2.31. The van der Waals surface area contributed by atoms with Crippen molar-refractivity contribution in [2.24, 2.45) is 5.73 Å². The summed E-state index contributed by atoms with van der Waals surface area (Å²) in [5.74, 6) is 0. The summed E-state index contributed by atoms with van der Waals surface area (Å²) in [4.78, 5) is 0. The normalized spacial score (nSPS) is 14.2. The van der Waals surface area contributed by atoms with Gasteiger partial charge in [-0.1, -0.05) is 82.2 Å². The Labute approximate surface area is 123 Å². The van der Waals surface area contributed by atoms with Gasteiger partial charge in [0.25, 0.3) is 0 Å². The summed E-state index contributed by atoms with van der Waals surface area (Å²) in [7, 11) is 0. The molecule has 0 amide bonds. The lowest BCUT2D eigenvalue weighted by Gasteiger charge is -2.24. The number of rotatable bonds is 11. The molecule has 2 N–H and O–H groups in total. The van der Waals surface area contributed by atoms with Crippen LogP contribution in [0.2, 0.25) is 0 Å². The summed E-state index contributed by atoms with van der Waals surface area (Å²) < 4.78 is 14.8. The monoisotopic (exact) mass is 279 g/mol. The molecule has 0 aliphatic carbocycles. The molecule has 0 radical (unpaired) electrons. The van der Waals surface area contributed by atoms with Crippen molar-refractivity contribution in [1.29, 1.82) is 0 Å². The Morgan fingerprint density at radius 3 is 2.00 bits per heavy atom. The second kappa shape index (κ2) is 9.93. The minimum atomic E-state index is -1.34. The van der Waals surface area contributed by atoms with E-state index in [1.165, 1.54) is 38.5 Å². The molecule has 1 aromatic rings. The molecule has 2 heteroatoms. The Kier molecular flexibility index (Phi) is 8.52. The molecule has 0 bridgehead atoms. The Morgan fingerprint density at radius 2 is 1.45 bits per heavy atom. The first-order chi connectivity index (χ1) is 9.73. The van der Waals surface area contributed by atoms with Crippen molar-refractivity contribution in [1.82, 2.24) is 0 Å². The molecule has 0 aliphatic heterocycles. The van der Waals surface area contributed by atoms with Gasteiger partial charge in [0.15, 0.2) is 0 Å². The highest BCUT2D eigenvalue weighted by atomic mass is 19.1. The van der Waals surface area contributed by atoms with E-state index >= 15 is 0 Å². The molecule has 0 spiro atoms. The van der Waals surface area contributed by atoms with Gasteiger partial charge >= 0.3 is 0 Å². The van der Waals surface area contributed by atoms with E-state index in [1.807, 2.05) is 30.3 Å². The predicted octanol–water partition coefficient (Wildman–Crippen LogP) is 5.34. The number of hydrogen-bond donors (Lipinski definition) is 1. The SMILES string of the molecule is CCCCCCCCCCC(F)(CN)c1ccccc1. The fourth-order valence-corrected chi connectivity index (χ4v) is 2.64. The van der Waals surface area contributed by atoms with Crippen LogP contribution in [-0.2, 0) is 5.67 Å². The molecular formula is C18H30FN. The maximum Gasteiger partial charge on any atom is 0.148 e. The van der Waals surface area contributed by atoms with Crippen molar-refractivity contribution >= 4 is 0 Å². The summed E-state index contributed by atoms with van der Waals surface area (Å²) in [6.45, 7) is 2.31. The topological polar surface area (TPSA) is 26.0 Å². The van der Waals surface area contributed by atoms with Crippen LogP contribution in [0.1, 0.15) is 70.3 Å². The third-order valence-corrected chi connectivity index (χ3v) is 4.04. The van der Waals surface area contributed by atoms with E-state index in [-0.39, 0.29) is 6.54 Å².